The maximum atomic E-state index is 12.9. The standard InChI is InChI=1S/C32H26BrIN2O4/c1-2-38-30-18-24(17-29(33)31(30)40-21-23-8-10-26(34)11-9-23)16-25(19-35)32(37)36-27-12-14-28(15-13-27)39-20-22-6-4-3-5-7-22/h3-18H,2,20-21H2,1H3,(H,36,37)/b25-16+. The van der Waals surface area contributed by atoms with Crippen LogP contribution in [0.5, 0.6) is 17.2 Å². The van der Waals surface area contributed by atoms with Gasteiger partial charge in [0.15, 0.2) is 11.5 Å². The second-order valence-electron chi connectivity index (χ2n) is 8.60. The van der Waals surface area contributed by atoms with E-state index in [1.54, 1.807) is 36.4 Å². The van der Waals surface area contributed by atoms with E-state index >= 15 is 0 Å². The third-order valence-electron chi connectivity index (χ3n) is 5.66. The minimum atomic E-state index is -0.520. The lowest BCUT2D eigenvalue weighted by atomic mass is 10.1. The molecule has 0 saturated heterocycles. The number of rotatable bonds is 11. The van der Waals surface area contributed by atoms with E-state index in [1.165, 1.54) is 6.08 Å². The molecule has 4 aromatic rings. The van der Waals surface area contributed by atoms with Crippen LogP contribution in [0.2, 0.25) is 0 Å². The van der Waals surface area contributed by atoms with E-state index < -0.39 is 5.91 Å². The Morgan fingerprint density at radius 1 is 0.925 bits per heavy atom. The van der Waals surface area contributed by atoms with Gasteiger partial charge in [-0.3, -0.25) is 4.79 Å². The van der Waals surface area contributed by atoms with Gasteiger partial charge in [-0.2, -0.15) is 5.26 Å². The van der Waals surface area contributed by atoms with Gasteiger partial charge in [-0.05, 0) is 117 Å². The summed E-state index contributed by atoms with van der Waals surface area (Å²) in [5.74, 6) is 1.22. The number of amides is 1. The van der Waals surface area contributed by atoms with Gasteiger partial charge in [0.05, 0.1) is 11.1 Å². The summed E-state index contributed by atoms with van der Waals surface area (Å²) in [5, 5.41) is 12.5. The summed E-state index contributed by atoms with van der Waals surface area (Å²) in [7, 11) is 0. The molecule has 0 unspecified atom stereocenters. The van der Waals surface area contributed by atoms with E-state index in [-0.39, 0.29) is 5.57 Å². The summed E-state index contributed by atoms with van der Waals surface area (Å²) in [6.45, 7) is 3.12. The fourth-order valence-electron chi connectivity index (χ4n) is 3.70. The molecule has 40 heavy (non-hydrogen) atoms. The fourth-order valence-corrected chi connectivity index (χ4v) is 4.63. The van der Waals surface area contributed by atoms with Gasteiger partial charge >= 0.3 is 0 Å². The van der Waals surface area contributed by atoms with Crippen molar-refractivity contribution in [3.63, 3.8) is 0 Å². The maximum Gasteiger partial charge on any atom is 0.266 e. The number of hydrogen-bond acceptors (Lipinski definition) is 5. The molecule has 202 valence electrons. The predicted molar refractivity (Wildman–Crippen MR) is 168 cm³/mol. The molecule has 4 aromatic carbocycles. The first kappa shape index (κ1) is 29.2. The van der Waals surface area contributed by atoms with E-state index in [0.717, 1.165) is 14.7 Å². The molecule has 0 heterocycles. The van der Waals surface area contributed by atoms with Crippen molar-refractivity contribution in [2.75, 3.05) is 11.9 Å². The molecular weight excluding hydrogens is 683 g/mol. The van der Waals surface area contributed by atoms with Crippen LogP contribution in [0.15, 0.2) is 101 Å². The normalized spacial score (nSPS) is 10.9. The molecule has 0 aromatic heterocycles. The summed E-state index contributed by atoms with van der Waals surface area (Å²) in [6, 6.07) is 30.5. The molecule has 0 aliphatic rings. The molecule has 0 atom stereocenters. The quantitative estimate of drug-likeness (QED) is 0.0967. The molecule has 0 fully saturated rings. The Labute approximate surface area is 255 Å². The van der Waals surface area contributed by atoms with Crippen molar-refractivity contribution in [2.24, 2.45) is 0 Å². The van der Waals surface area contributed by atoms with Gasteiger partial charge < -0.3 is 19.5 Å². The number of benzene rings is 4. The highest BCUT2D eigenvalue weighted by atomic mass is 127. The van der Waals surface area contributed by atoms with Gasteiger partial charge in [-0.15, -0.1) is 0 Å². The fraction of sp³-hybridized carbons (Fsp3) is 0.125. The molecule has 0 aliphatic carbocycles. The highest BCUT2D eigenvalue weighted by molar-refractivity contribution is 14.1. The molecule has 0 radical (unpaired) electrons. The van der Waals surface area contributed by atoms with Crippen LogP contribution in [0.25, 0.3) is 6.08 Å². The predicted octanol–water partition coefficient (Wildman–Crippen LogP) is 8.16. The van der Waals surface area contributed by atoms with Gasteiger partial charge in [0, 0.05) is 9.26 Å². The van der Waals surface area contributed by atoms with Crippen molar-refractivity contribution in [3.05, 3.63) is 121 Å². The molecule has 8 heteroatoms. The molecule has 1 N–H and O–H groups in total. The van der Waals surface area contributed by atoms with Crippen LogP contribution in [0.4, 0.5) is 5.69 Å². The van der Waals surface area contributed by atoms with E-state index in [1.807, 2.05) is 67.6 Å². The Bertz CT molecular complexity index is 1520. The van der Waals surface area contributed by atoms with Gasteiger partial charge in [-0.1, -0.05) is 42.5 Å². The number of ether oxygens (including phenoxy) is 3. The monoisotopic (exact) mass is 708 g/mol. The number of nitrogens with zero attached hydrogens (tertiary/aromatic N) is 1. The molecule has 0 saturated carbocycles. The number of nitrogens with one attached hydrogen (secondary N) is 1. The lowest BCUT2D eigenvalue weighted by Gasteiger charge is -2.15. The smallest absolute Gasteiger partial charge is 0.266 e. The minimum Gasteiger partial charge on any atom is -0.490 e. The zero-order chi connectivity index (χ0) is 28.3. The summed E-state index contributed by atoms with van der Waals surface area (Å²) >= 11 is 5.82. The molecular formula is C32H26BrIN2O4. The third-order valence-corrected chi connectivity index (χ3v) is 6.97. The van der Waals surface area contributed by atoms with E-state index in [4.69, 9.17) is 14.2 Å². The molecule has 4 rings (SSSR count). The molecule has 0 aliphatic heterocycles. The lowest BCUT2D eigenvalue weighted by Crippen LogP contribution is -2.13. The highest BCUT2D eigenvalue weighted by Crippen LogP contribution is 2.38. The zero-order valence-corrected chi connectivity index (χ0v) is 25.4. The summed E-state index contributed by atoms with van der Waals surface area (Å²) in [5.41, 5.74) is 3.21. The average Bonchev–Trinajstić information content (AvgIpc) is 2.96. The Morgan fingerprint density at radius 3 is 2.27 bits per heavy atom. The van der Waals surface area contributed by atoms with Crippen LogP contribution in [0.1, 0.15) is 23.6 Å². The number of carbonyl (C=O) groups excluding carboxylic acids is 1. The van der Waals surface area contributed by atoms with Gasteiger partial charge in [0.1, 0.15) is 30.6 Å². The highest BCUT2D eigenvalue weighted by Gasteiger charge is 2.15. The minimum absolute atomic E-state index is 0.0497. The average molecular weight is 709 g/mol. The number of hydrogen-bond donors (Lipinski definition) is 1. The van der Waals surface area contributed by atoms with Gasteiger partial charge in [0.2, 0.25) is 0 Å². The first-order chi connectivity index (χ1) is 19.4. The largest absolute Gasteiger partial charge is 0.490 e. The Hall–Kier alpha value is -3.81. The van der Waals surface area contributed by atoms with Gasteiger partial charge in [0.25, 0.3) is 5.91 Å². The summed E-state index contributed by atoms with van der Waals surface area (Å²) in [4.78, 5) is 12.9. The van der Waals surface area contributed by atoms with Crippen LogP contribution < -0.4 is 19.5 Å². The Morgan fingerprint density at radius 2 is 1.60 bits per heavy atom. The maximum absolute atomic E-state index is 12.9. The third kappa shape index (κ3) is 8.34. The van der Waals surface area contributed by atoms with Crippen molar-refractivity contribution >= 4 is 56.2 Å². The van der Waals surface area contributed by atoms with Crippen LogP contribution in [-0.4, -0.2) is 12.5 Å². The second kappa shape index (κ2) is 14.5. The van der Waals surface area contributed by atoms with E-state index in [2.05, 4.69) is 43.8 Å². The zero-order valence-electron chi connectivity index (χ0n) is 21.7. The first-order valence-electron chi connectivity index (χ1n) is 12.5. The number of halogens is 2. The van der Waals surface area contributed by atoms with Crippen LogP contribution in [-0.2, 0) is 18.0 Å². The molecule has 0 spiro atoms. The molecule has 1 amide bonds. The van der Waals surface area contributed by atoms with E-state index in [9.17, 15) is 10.1 Å². The van der Waals surface area contributed by atoms with Crippen molar-refractivity contribution in [2.45, 2.75) is 20.1 Å². The van der Waals surface area contributed by atoms with Crippen molar-refractivity contribution < 1.29 is 19.0 Å². The molecule has 6 nitrogen and oxygen atoms in total. The Balaban J connectivity index is 1.44. The SMILES string of the molecule is CCOc1cc(/C=C(\C#N)C(=O)Nc2ccc(OCc3ccccc3)cc2)cc(Br)c1OCc1ccc(I)cc1. The summed E-state index contributed by atoms with van der Waals surface area (Å²) in [6.07, 6.45) is 1.52. The van der Waals surface area contributed by atoms with Crippen molar-refractivity contribution in [1.29, 1.82) is 5.26 Å². The van der Waals surface area contributed by atoms with Crippen LogP contribution in [0, 0.1) is 14.9 Å². The number of nitriles is 1. The van der Waals surface area contributed by atoms with Gasteiger partial charge in [-0.25, -0.2) is 0 Å². The second-order valence-corrected chi connectivity index (χ2v) is 10.7. The Kier molecular flexibility index (Phi) is 10.6. The summed E-state index contributed by atoms with van der Waals surface area (Å²) < 4.78 is 19.5. The van der Waals surface area contributed by atoms with Crippen LogP contribution in [0.3, 0.4) is 0 Å². The lowest BCUT2D eigenvalue weighted by molar-refractivity contribution is -0.112. The number of anilines is 1. The topological polar surface area (TPSA) is 80.6 Å². The number of carbonyl (C=O) groups is 1. The van der Waals surface area contributed by atoms with Crippen LogP contribution >= 0.6 is 38.5 Å². The van der Waals surface area contributed by atoms with Crippen molar-refractivity contribution in [3.8, 4) is 23.3 Å². The molecule has 0 bridgehead atoms. The van der Waals surface area contributed by atoms with E-state index in [0.29, 0.717) is 52.8 Å². The van der Waals surface area contributed by atoms with Crippen molar-refractivity contribution in [1.82, 2.24) is 0 Å². The first-order valence-corrected chi connectivity index (χ1v) is 14.4.